The van der Waals surface area contributed by atoms with Crippen LogP contribution < -0.4 is 15.7 Å². The van der Waals surface area contributed by atoms with E-state index in [1.54, 1.807) is 30.7 Å². The molecule has 0 spiro atoms. The Morgan fingerprint density at radius 2 is 1.24 bits per heavy atom. The monoisotopic (exact) mass is 830 g/mol. The molecular formula is C36H36N11O5Zn2-. The second kappa shape index (κ2) is 21.0. The number of carbonyl (C=O) groups is 1. The standard InChI is InChI=1S/C36H36N11O5.2Zn/c48-31(24-45(20-27-7-1-4-14-37-27)21-28-8-2-5-15-38-28)25-46(22-29-9-3-6-16-39-29)23-30-11-10-26(19-42-30)36(49)41-18-17-40-32-12-13-33(47(50)51)35-34(32)43-52-44-35;;/h1-16,19,31,40H,17-18,20-25H2,(H,41,49);;/q-1;;. The molecule has 0 saturated heterocycles. The summed E-state index contributed by atoms with van der Waals surface area (Å²) in [6.07, 6.45) is 5.76. The van der Waals surface area contributed by atoms with E-state index in [0.717, 1.165) is 17.1 Å². The summed E-state index contributed by atoms with van der Waals surface area (Å²) in [6.45, 7) is 2.93. The Labute approximate surface area is 336 Å². The summed E-state index contributed by atoms with van der Waals surface area (Å²) in [6, 6.07) is 23.5. The number of carbonyl (C=O) groups excluding carboxylic acids is 1. The van der Waals surface area contributed by atoms with Crippen LogP contribution in [0.25, 0.3) is 11.0 Å². The Kier molecular flexibility index (Phi) is 16.3. The number of fused-ring (bicyclic) bond motifs is 1. The molecular weight excluding hydrogens is 797 g/mol. The van der Waals surface area contributed by atoms with Crippen LogP contribution in [0.3, 0.4) is 0 Å². The number of aromatic nitrogens is 6. The van der Waals surface area contributed by atoms with Crippen molar-refractivity contribution < 1.29 is 58.4 Å². The fourth-order valence-electron chi connectivity index (χ4n) is 5.67. The Bertz CT molecular complexity index is 2010. The summed E-state index contributed by atoms with van der Waals surface area (Å²) in [4.78, 5) is 45.6. The van der Waals surface area contributed by atoms with E-state index in [9.17, 15) is 20.0 Å². The fraction of sp³-hybridized carbons (Fsp3) is 0.250. The van der Waals surface area contributed by atoms with Gasteiger partial charge in [-0.1, -0.05) is 18.2 Å². The van der Waals surface area contributed by atoms with Gasteiger partial charge in [-0.3, -0.25) is 44.6 Å². The maximum Gasteiger partial charge on any atom is 0.300 e. The van der Waals surface area contributed by atoms with Gasteiger partial charge in [-0.15, -0.1) is 6.10 Å². The molecule has 0 radical (unpaired) electrons. The minimum atomic E-state index is -0.961. The van der Waals surface area contributed by atoms with Crippen LogP contribution in [-0.2, 0) is 65.1 Å². The summed E-state index contributed by atoms with van der Waals surface area (Å²) < 4.78 is 4.69. The number of rotatable bonds is 18. The topological polar surface area (TPSA) is 204 Å². The van der Waals surface area contributed by atoms with Gasteiger partial charge in [-0.2, -0.15) is 0 Å². The number of nitrogens with one attached hydrogen (secondary N) is 2. The van der Waals surface area contributed by atoms with E-state index in [-0.39, 0.29) is 81.2 Å². The first-order chi connectivity index (χ1) is 25.4. The van der Waals surface area contributed by atoms with E-state index in [4.69, 9.17) is 0 Å². The molecule has 18 heteroatoms. The van der Waals surface area contributed by atoms with E-state index in [0.29, 0.717) is 49.7 Å². The maximum absolute atomic E-state index is 13.7. The average molecular weight is 834 g/mol. The quantitative estimate of drug-likeness (QED) is 0.0554. The van der Waals surface area contributed by atoms with Crippen LogP contribution in [0.4, 0.5) is 11.4 Å². The zero-order valence-electron chi connectivity index (χ0n) is 29.5. The minimum Gasteiger partial charge on any atom is -0.850 e. The molecule has 1 atom stereocenters. The van der Waals surface area contributed by atoms with Crippen molar-refractivity contribution in [2.45, 2.75) is 32.3 Å². The molecule has 0 saturated carbocycles. The SMILES string of the molecule is O=C(NCCNc1ccc([N+](=O)[O-])c2nonc12)c1ccc(CN(Cc2ccccn2)CC([O-])CN(Cc2ccccn2)Cc2ccccn2)nc1.[Zn].[Zn]. The number of pyridine rings is 4. The molecule has 1 unspecified atom stereocenters. The number of hydrogen-bond donors (Lipinski definition) is 2. The Balaban J connectivity index is 0.00000325. The maximum atomic E-state index is 13.7. The second-order valence-electron chi connectivity index (χ2n) is 12.0. The molecule has 0 aliphatic heterocycles. The predicted molar refractivity (Wildman–Crippen MR) is 188 cm³/mol. The van der Waals surface area contributed by atoms with E-state index in [1.807, 2.05) is 59.5 Å². The number of non-ortho nitro benzene ring substituents is 1. The predicted octanol–water partition coefficient (Wildman–Crippen LogP) is 2.98. The third-order valence-corrected chi connectivity index (χ3v) is 8.05. The van der Waals surface area contributed by atoms with Crippen molar-refractivity contribution in [3.63, 3.8) is 0 Å². The van der Waals surface area contributed by atoms with Crippen LogP contribution in [0.15, 0.2) is 108 Å². The minimum absolute atomic E-state index is 0. The van der Waals surface area contributed by atoms with Gasteiger partial charge in [0.05, 0.1) is 38.9 Å². The Morgan fingerprint density at radius 3 is 1.72 bits per heavy atom. The van der Waals surface area contributed by atoms with E-state index < -0.39 is 11.0 Å². The van der Waals surface area contributed by atoms with Gasteiger partial charge in [0, 0.05) is 109 Å². The molecule has 16 nitrogen and oxygen atoms in total. The van der Waals surface area contributed by atoms with E-state index in [2.05, 4.69) is 50.4 Å². The second-order valence-corrected chi connectivity index (χ2v) is 12.0. The average Bonchev–Trinajstić information content (AvgIpc) is 3.65. The van der Waals surface area contributed by atoms with Crippen LogP contribution in [0.1, 0.15) is 33.1 Å². The summed E-state index contributed by atoms with van der Waals surface area (Å²) >= 11 is 0. The number of benzene rings is 1. The molecule has 0 bridgehead atoms. The van der Waals surface area contributed by atoms with Crippen LogP contribution >= 0.6 is 0 Å². The summed E-state index contributed by atoms with van der Waals surface area (Å²) in [5, 5.41) is 38.2. The molecule has 1 aromatic carbocycles. The molecule has 54 heavy (non-hydrogen) atoms. The number of nitrogens with zero attached hydrogens (tertiary/aromatic N) is 9. The van der Waals surface area contributed by atoms with Gasteiger partial charge in [0.15, 0.2) is 5.52 Å². The first-order valence-electron chi connectivity index (χ1n) is 16.6. The molecule has 0 aliphatic carbocycles. The number of nitro groups is 1. The zero-order chi connectivity index (χ0) is 36.1. The van der Waals surface area contributed by atoms with Crippen LogP contribution in [0, 0.1) is 10.1 Å². The van der Waals surface area contributed by atoms with Crippen molar-refractivity contribution in [3.05, 3.63) is 142 Å². The van der Waals surface area contributed by atoms with Gasteiger partial charge in [0.1, 0.15) is 0 Å². The van der Waals surface area contributed by atoms with Gasteiger partial charge in [0.25, 0.3) is 5.91 Å². The van der Waals surface area contributed by atoms with Crippen molar-refractivity contribution in [1.29, 1.82) is 0 Å². The molecule has 1 amide bonds. The van der Waals surface area contributed by atoms with Crippen molar-refractivity contribution in [3.8, 4) is 0 Å². The van der Waals surface area contributed by atoms with Gasteiger partial charge in [-0.25, -0.2) is 4.63 Å². The van der Waals surface area contributed by atoms with Gasteiger partial charge in [-0.05, 0) is 78.0 Å². The van der Waals surface area contributed by atoms with E-state index in [1.165, 1.54) is 18.3 Å². The number of anilines is 1. The first kappa shape index (κ1) is 41.8. The van der Waals surface area contributed by atoms with Crippen molar-refractivity contribution in [1.82, 2.24) is 45.4 Å². The molecule has 5 heterocycles. The summed E-state index contributed by atoms with van der Waals surface area (Å²) in [5.41, 5.74) is 4.19. The first-order valence-corrected chi connectivity index (χ1v) is 16.6. The van der Waals surface area contributed by atoms with Crippen molar-refractivity contribution >= 4 is 28.3 Å². The van der Waals surface area contributed by atoms with Gasteiger partial charge >= 0.3 is 5.69 Å². The molecule has 0 aliphatic rings. The van der Waals surface area contributed by atoms with Crippen molar-refractivity contribution in [2.24, 2.45) is 0 Å². The third kappa shape index (κ3) is 12.0. The number of hydrogen-bond acceptors (Lipinski definition) is 14. The molecule has 6 rings (SSSR count). The van der Waals surface area contributed by atoms with Crippen molar-refractivity contribution in [2.75, 3.05) is 31.5 Å². The Hall–Kier alpha value is -4.98. The largest absolute Gasteiger partial charge is 0.850 e. The van der Waals surface area contributed by atoms with Gasteiger partial charge in [0.2, 0.25) is 5.52 Å². The van der Waals surface area contributed by atoms with Crippen LogP contribution in [0.5, 0.6) is 0 Å². The molecule has 0 fully saturated rings. The smallest absolute Gasteiger partial charge is 0.300 e. The molecule has 270 valence electrons. The molecule has 2 N–H and O–H groups in total. The van der Waals surface area contributed by atoms with E-state index >= 15 is 0 Å². The summed E-state index contributed by atoms with van der Waals surface area (Å²) in [5.74, 6) is -0.316. The normalized spacial score (nSPS) is 11.5. The van der Waals surface area contributed by atoms with Crippen LogP contribution in [0.2, 0.25) is 0 Å². The van der Waals surface area contributed by atoms with Crippen LogP contribution in [-0.4, -0.2) is 83.2 Å². The molecule has 5 aromatic heterocycles. The zero-order valence-corrected chi connectivity index (χ0v) is 35.5. The Morgan fingerprint density at radius 1 is 0.704 bits per heavy atom. The van der Waals surface area contributed by atoms with Gasteiger partial charge < -0.3 is 15.7 Å². The number of nitro benzene ring substituents is 1. The number of amides is 1. The third-order valence-electron chi connectivity index (χ3n) is 8.05. The fourth-order valence-corrected chi connectivity index (χ4v) is 5.67. The molecule has 6 aromatic rings. The summed E-state index contributed by atoms with van der Waals surface area (Å²) in [7, 11) is 0.